The number of benzene rings is 1. The van der Waals surface area contributed by atoms with Gasteiger partial charge in [0.05, 0.1) is 0 Å². The second kappa shape index (κ2) is 4.79. The lowest BCUT2D eigenvalue weighted by molar-refractivity contribution is 0.464. The molecule has 1 aliphatic rings. The normalized spacial score (nSPS) is 15.2. The summed E-state index contributed by atoms with van der Waals surface area (Å²) < 4.78 is 0. The van der Waals surface area contributed by atoms with E-state index in [2.05, 4.69) is 44.6 Å². The summed E-state index contributed by atoms with van der Waals surface area (Å²) in [5, 5.41) is 9.94. The molecule has 1 aromatic rings. The number of aryl methyl sites for hydroxylation is 1. The third-order valence-corrected chi connectivity index (χ3v) is 3.17. The second-order valence-corrected chi connectivity index (χ2v) is 4.88. The monoisotopic (exact) mass is 227 g/mol. The van der Waals surface area contributed by atoms with E-state index in [9.17, 15) is 5.11 Å². The minimum Gasteiger partial charge on any atom is -0.508 e. The van der Waals surface area contributed by atoms with Crippen LogP contribution in [0.5, 0.6) is 5.75 Å². The fourth-order valence-corrected chi connectivity index (χ4v) is 2.19. The highest BCUT2D eigenvalue weighted by Gasteiger charge is 2.12. The third-order valence-electron chi connectivity index (χ3n) is 3.17. The summed E-state index contributed by atoms with van der Waals surface area (Å²) in [7, 11) is 0. The van der Waals surface area contributed by atoms with Crippen LogP contribution in [0.3, 0.4) is 0 Å². The van der Waals surface area contributed by atoms with Gasteiger partial charge < -0.3 is 5.11 Å². The van der Waals surface area contributed by atoms with Crippen molar-refractivity contribution in [2.24, 2.45) is 0 Å². The molecular weight excluding hydrogens is 208 g/mol. The number of phenols is 1. The Hall–Kier alpha value is -1.50. The molecule has 1 heteroatoms. The Morgan fingerprint density at radius 1 is 1.24 bits per heavy atom. The van der Waals surface area contributed by atoms with Crippen LogP contribution < -0.4 is 0 Å². The molecule has 1 nitrogen and oxygen atoms in total. The van der Waals surface area contributed by atoms with E-state index in [-0.39, 0.29) is 0 Å². The zero-order valence-electron chi connectivity index (χ0n) is 10.7. The molecule has 2 rings (SSSR count). The van der Waals surface area contributed by atoms with Crippen molar-refractivity contribution in [1.29, 1.82) is 0 Å². The summed E-state index contributed by atoms with van der Waals surface area (Å²) in [6, 6.07) is 3.98. The number of phenolic OH excluding ortho intramolecular Hbond substituents is 1. The highest BCUT2D eigenvalue weighted by molar-refractivity contribution is 5.78. The minimum atomic E-state index is 0.339. The minimum absolute atomic E-state index is 0.339. The van der Waals surface area contributed by atoms with Crippen molar-refractivity contribution in [2.75, 3.05) is 0 Å². The summed E-state index contributed by atoms with van der Waals surface area (Å²) in [5.74, 6) is 0.747. The van der Waals surface area contributed by atoms with Crippen molar-refractivity contribution in [1.82, 2.24) is 0 Å². The van der Waals surface area contributed by atoms with E-state index in [1.165, 1.54) is 11.1 Å². The zero-order valence-corrected chi connectivity index (χ0v) is 10.7. The van der Waals surface area contributed by atoms with Crippen LogP contribution in [-0.2, 0) is 0 Å². The van der Waals surface area contributed by atoms with Crippen LogP contribution in [0.25, 0.3) is 5.57 Å². The van der Waals surface area contributed by atoms with Crippen LogP contribution in [0.4, 0.5) is 0 Å². The number of hydrogen-bond donors (Lipinski definition) is 1. The predicted molar refractivity (Wildman–Crippen MR) is 73.0 cm³/mol. The van der Waals surface area contributed by atoms with Crippen molar-refractivity contribution in [3.63, 3.8) is 0 Å². The van der Waals surface area contributed by atoms with Gasteiger partial charge in [-0.2, -0.15) is 0 Å². The average Bonchev–Trinajstić information content (AvgIpc) is 2.29. The summed E-state index contributed by atoms with van der Waals surface area (Å²) in [6.07, 6.45) is 9.65. The molecule has 0 saturated carbocycles. The second-order valence-electron chi connectivity index (χ2n) is 4.88. The Bertz CT molecular complexity index is 479. The van der Waals surface area contributed by atoms with Crippen LogP contribution in [-0.4, -0.2) is 5.11 Å². The van der Waals surface area contributed by atoms with Gasteiger partial charge in [0.25, 0.3) is 0 Å². The molecule has 1 aromatic carbocycles. The highest BCUT2D eigenvalue weighted by Crippen LogP contribution is 2.33. The topological polar surface area (TPSA) is 20.2 Å². The summed E-state index contributed by atoms with van der Waals surface area (Å²) in [4.78, 5) is 0. The molecule has 0 aliphatic heterocycles. The number of aromatic hydroxyl groups is 1. The Morgan fingerprint density at radius 3 is 2.59 bits per heavy atom. The first-order valence-corrected chi connectivity index (χ1v) is 6.13. The molecule has 1 aliphatic carbocycles. The van der Waals surface area contributed by atoms with Crippen molar-refractivity contribution in [3.05, 3.63) is 53.5 Å². The average molecular weight is 227 g/mol. The van der Waals surface area contributed by atoms with Crippen molar-refractivity contribution < 1.29 is 5.11 Å². The van der Waals surface area contributed by atoms with E-state index in [0.29, 0.717) is 11.7 Å². The molecule has 0 fully saturated rings. The Balaban J connectivity index is 2.50. The van der Waals surface area contributed by atoms with Crippen molar-refractivity contribution in [2.45, 2.75) is 33.1 Å². The first-order chi connectivity index (χ1) is 8.09. The predicted octanol–water partition coefficient (Wildman–Crippen LogP) is 4.37. The molecule has 0 amide bonds. The van der Waals surface area contributed by atoms with Crippen molar-refractivity contribution >= 4 is 5.57 Å². The Labute approximate surface area is 103 Å². The fourth-order valence-electron chi connectivity index (χ4n) is 2.19. The Kier molecular flexibility index (Phi) is 3.37. The van der Waals surface area contributed by atoms with Gasteiger partial charge in [-0.1, -0.05) is 32.1 Å². The first kappa shape index (κ1) is 12.0. The number of hydrogen-bond acceptors (Lipinski definition) is 1. The molecule has 0 saturated heterocycles. The van der Waals surface area contributed by atoms with Gasteiger partial charge in [0.1, 0.15) is 5.75 Å². The molecule has 89 valence electrons. The van der Waals surface area contributed by atoms with Gasteiger partial charge in [0.2, 0.25) is 0 Å². The maximum atomic E-state index is 9.94. The van der Waals surface area contributed by atoms with E-state index < -0.39 is 0 Å². The summed E-state index contributed by atoms with van der Waals surface area (Å²) in [5.41, 5.74) is 4.60. The zero-order chi connectivity index (χ0) is 12.4. The maximum Gasteiger partial charge on any atom is 0.119 e. The summed E-state index contributed by atoms with van der Waals surface area (Å²) >= 11 is 0. The SMILES string of the molecule is Cc1cc(O)c(C(C)C)cc1C1=C[CH]CC=C1. The van der Waals surface area contributed by atoms with Gasteiger partial charge in [0.15, 0.2) is 0 Å². The van der Waals surface area contributed by atoms with E-state index >= 15 is 0 Å². The van der Waals surface area contributed by atoms with Gasteiger partial charge in [-0.15, -0.1) is 0 Å². The van der Waals surface area contributed by atoms with Gasteiger partial charge in [0, 0.05) is 0 Å². The molecule has 0 atom stereocenters. The molecule has 0 heterocycles. The summed E-state index contributed by atoms with van der Waals surface area (Å²) in [6.45, 7) is 6.25. The van der Waals surface area contributed by atoms with E-state index in [1.807, 2.05) is 13.0 Å². The van der Waals surface area contributed by atoms with Gasteiger partial charge in [-0.3, -0.25) is 0 Å². The number of rotatable bonds is 2. The van der Waals surface area contributed by atoms with Crippen LogP contribution in [0.2, 0.25) is 0 Å². The van der Waals surface area contributed by atoms with Crippen LogP contribution in [0, 0.1) is 13.3 Å². The molecular formula is C16H19O. The lowest BCUT2D eigenvalue weighted by Crippen LogP contribution is -1.95. The number of allylic oxidation sites excluding steroid dienone is 4. The van der Waals surface area contributed by atoms with E-state index in [1.54, 1.807) is 0 Å². The molecule has 0 spiro atoms. The molecule has 0 unspecified atom stereocenters. The standard InChI is InChI=1S/C16H19O/c1-11(2)14-10-15(12(3)9-16(14)17)13-7-5-4-6-8-13/h5-11,17H,4H2,1-3H3. The molecule has 1 radical (unpaired) electrons. The molecule has 1 N–H and O–H groups in total. The van der Waals surface area contributed by atoms with Crippen LogP contribution in [0.15, 0.2) is 30.4 Å². The van der Waals surface area contributed by atoms with E-state index in [4.69, 9.17) is 0 Å². The largest absolute Gasteiger partial charge is 0.508 e. The Morgan fingerprint density at radius 2 is 2.00 bits per heavy atom. The first-order valence-electron chi connectivity index (χ1n) is 6.13. The van der Waals surface area contributed by atoms with Gasteiger partial charge in [-0.25, -0.2) is 0 Å². The molecule has 17 heavy (non-hydrogen) atoms. The van der Waals surface area contributed by atoms with Crippen LogP contribution >= 0.6 is 0 Å². The highest BCUT2D eigenvalue weighted by atomic mass is 16.3. The third kappa shape index (κ3) is 2.44. The lowest BCUT2D eigenvalue weighted by atomic mass is 9.91. The smallest absolute Gasteiger partial charge is 0.119 e. The lowest BCUT2D eigenvalue weighted by Gasteiger charge is -2.15. The van der Waals surface area contributed by atoms with Crippen molar-refractivity contribution in [3.8, 4) is 5.75 Å². The van der Waals surface area contributed by atoms with Crippen LogP contribution in [0.1, 0.15) is 42.9 Å². The molecule has 0 aromatic heterocycles. The molecule has 0 bridgehead atoms. The van der Waals surface area contributed by atoms with Gasteiger partial charge in [-0.05, 0) is 60.1 Å². The maximum absolute atomic E-state index is 9.94. The van der Waals surface area contributed by atoms with E-state index in [0.717, 1.165) is 17.5 Å². The van der Waals surface area contributed by atoms with Gasteiger partial charge >= 0.3 is 0 Å². The quantitative estimate of drug-likeness (QED) is 0.795. The fraction of sp³-hybridized carbons (Fsp3) is 0.312.